The third-order valence-electron chi connectivity index (χ3n) is 1.57. The summed E-state index contributed by atoms with van der Waals surface area (Å²) in [5.41, 5.74) is 0. The third kappa shape index (κ3) is 3.08. The molecule has 0 bridgehead atoms. The third-order valence-corrected chi connectivity index (χ3v) is 1.57. The van der Waals surface area contributed by atoms with E-state index in [1.54, 1.807) is 7.11 Å². The molecular weight excluding hydrogens is 98.9 g/mol. The van der Waals surface area contributed by atoms with Gasteiger partial charge in [-0.3, -0.25) is 0 Å². The minimum Gasteiger partial charge on any atom is -0.384 e. The van der Waals surface area contributed by atoms with Crippen molar-refractivity contribution in [1.82, 2.24) is 0 Å². The van der Waals surface area contributed by atoms with Crippen molar-refractivity contribution in [3.8, 4) is 0 Å². The Morgan fingerprint density at radius 3 is 2.12 bits per heavy atom. The molecule has 0 rings (SSSR count). The summed E-state index contributed by atoms with van der Waals surface area (Å²) >= 11 is 0. The lowest BCUT2D eigenvalue weighted by Gasteiger charge is -2.12. The van der Waals surface area contributed by atoms with Crippen molar-refractivity contribution in [3.05, 3.63) is 0 Å². The van der Waals surface area contributed by atoms with Crippen LogP contribution < -0.4 is 0 Å². The average molecular weight is 114 g/mol. The summed E-state index contributed by atoms with van der Waals surface area (Å²) in [6, 6.07) is 0. The number of hydrogen-bond donors (Lipinski definition) is 0. The molecular formula is C6H15BO. The van der Waals surface area contributed by atoms with Crippen LogP contribution in [0.3, 0.4) is 0 Å². The number of ether oxygens (including phenoxy) is 1. The van der Waals surface area contributed by atoms with Gasteiger partial charge in [-0.25, -0.2) is 0 Å². The van der Waals surface area contributed by atoms with Crippen LogP contribution in [0.15, 0.2) is 0 Å². The second kappa shape index (κ2) is 3.96. The first-order chi connectivity index (χ1) is 3.68. The molecule has 0 aromatic rings. The molecule has 0 spiro atoms. The topological polar surface area (TPSA) is 9.23 Å². The van der Waals surface area contributed by atoms with Crippen molar-refractivity contribution in [2.24, 2.45) is 5.92 Å². The van der Waals surface area contributed by atoms with E-state index in [0.717, 1.165) is 12.4 Å². The average Bonchev–Trinajstić information content (AvgIpc) is 1.67. The smallest absolute Gasteiger partial charge is 0.105 e. The van der Waals surface area contributed by atoms with Gasteiger partial charge in [-0.1, -0.05) is 19.7 Å². The Morgan fingerprint density at radius 1 is 1.50 bits per heavy atom. The van der Waals surface area contributed by atoms with E-state index in [0.29, 0.717) is 5.92 Å². The first-order valence-electron chi connectivity index (χ1n) is 3.17. The van der Waals surface area contributed by atoms with Gasteiger partial charge in [-0.05, 0) is 5.92 Å². The standard InChI is InChI=1S/C6H15BO/c1-5(4-8-3)6(2)7/h5-6H,4,7H2,1-3H3. The summed E-state index contributed by atoms with van der Waals surface area (Å²) in [6.07, 6.45) is 0. The van der Waals surface area contributed by atoms with Crippen LogP contribution in [0.25, 0.3) is 0 Å². The highest BCUT2D eigenvalue weighted by atomic mass is 16.5. The summed E-state index contributed by atoms with van der Waals surface area (Å²) in [5.74, 6) is 1.44. The van der Waals surface area contributed by atoms with Crippen molar-refractivity contribution < 1.29 is 4.74 Å². The Labute approximate surface area is 52.8 Å². The summed E-state index contributed by atoms with van der Waals surface area (Å²) in [7, 11) is 3.96. The van der Waals surface area contributed by atoms with Gasteiger partial charge in [0, 0.05) is 13.7 Å². The van der Waals surface area contributed by atoms with Gasteiger partial charge in [0.2, 0.25) is 0 Å². The Morgan fingerprint density at radius 2 is 2.00 bits per heavy atom. The normalized spacial score (nSPS) is 17.9. The van der Waals surface area contributed by atoms with Crippen molar-refractivity contribution >= 4 is 7.85 Å². The molecule has 0 amide bonds. The molecule has 0 aromatic carbocycles. The number of methoxy groups -OCH3 is 1. The molecule has 2 atom stereocenters. The maximum atomic E-state index is 4.96. The highest BCUT2D eigenvalue weighted by molar-refractivity contribution is 6.11. The molecule has 0 radical (unpaired) electrons. The summed E-state index contributed by atoms with van der Waals surface area (Å²) in [6.45, 7) is 5.30. The van der Waals surface area contributed by atoms with Gasteiger partial charge in [0.25, 0.3) is 0 Å². The monoisotopic (exact) mass is 114 g/mol. The Hall–Kier alpha value is 0.0249. The molecule has 0 aliphatic heterocycles. The van der Waals surface area contributed by atoms with Gasteiger partial charge in [0.1, 0.15) is 7.85 Å². The molecule has 0 fully saturated rings. The van der Waals surface area contributed by atoms with E-state index in [9.17, 15) is 0 Å². The number of hydrogen-bond acceptors (Lipinski definition) is 1. The molecule has 8 heavy (non-hydrogen) atoms. The Kier molecular flexibility index (Phi) is 3.97. The first kappa shape index (κ1) is 8.02. The van der Waals surface area contributed by atoms with E-state index in [1.807, 2.05) is 0 Å². The predicted molar refractivity (Wildman–Crippen MR) is 39.0 cm³/mol. The maximum Gasteiger partial charge on any atom is 0.105 e. The zero-order chi connectivity index (χ0) is 6.57. The van der Waals surface area contributed by atoms with E-state index >= 15 is 0 Å². The SMILES string of the molecule is BC(C)C(C)COC. The Balaban J connectivity index is 3.17. The molecule has 0 aliphatic rings. The van der Waals surface area contributed by atoms with E-state index in [-0.39, 0.29) is 0 Å². The van der Waals surface area contributed by atoms with Gasteiger partial charge in [0.05, 0.1) is 0 Å². The molecule has 0 saturated carbocycles. The lowest BCUT2D eigenvalue weighted by Crippen LogP contribution is -2.08. The van der Waals surface area contributed by atoms with Crippen LogP contribution in [0.2, 0.25) is 5.82 Å². The fourth-order valence-corrected chi connectivity index (χ4v) is 0.455. The van der Waals surface area contributed by atoms with Gasteiger partial charge >= 0.3 is 0 Å². The van der Waals surface area contributed by atoms with Crippen molar-refractivity contribution in [3.63, 3.8) is 0 Å². The van der Waals surface area contributed by atoms with Gasteiger partial charge in [0.15, 0.2) is 0 Å². The maximum absolute atomic E-state index is 4.96. The molecule has 0 N–H and O–H groups in total. The van der Waals surface area contributed by atoms with Crippen LogP contribution in [0.5, 0.6) is 0 Å². The zero-order valence-corrected chi connectivity index (χ0v) is 6.27. The van der Waals surface area contributed by atoms with Gasteiger partial charge < -0.3 is 4.74 Å². The highest BCUT2D eigenvalue weighted by Gasteiger charge is 2.04. The molecule has 1 nitrogen and oxygen atoms in total. The second-order valence-electron chi connectivity index (χ2n) is 2.68. The fraction of sp³-hybridized carbons (Fsp3) is 1.00. The lowest BCUT2D eigenvalue weighted by molar-refractivity contribution is 0.158. The van der Waals surface area contributed by atoms with Crippen LogP contribution in [0.4, 0.5) is 0 Å². The fourth-order valence-electron chi connectivity index (χ4n) is 0.455. The van der Waals surface area contributed by atoms with Gasteiger partial charge in [-0.2, -0.15) is 0 Å². The van der Waals surface area contributed by atoms with E-state index in [2.05, 4.69) is 21.7 Å². The summed E-state index contributed by atoms with van der Waals surface area (Å²) < 4.78 is 4.96. The molecule has 2 unspecified atom stereocenters. The van der Waals surface area contributed by atoms with E-state index in [4.69, 9.17) is 4.74 Å². The highest BCUT2D eigenvalue weighted by Crippen LogP contribution is 2.11. The zero-order valence-electron chi connectivity index (χ0n) is 6.27. The Bertz CT molecular complexity index is 54.5. The minimum atomic E-state index is 0.694. The van der Waals surface area contributed by atoms with Gasteiger partial charge in [-0.15, -0.1) is 0 Å². The molecule has 0 aromatic heterocycles. The summed E-state index contributed by atoms with van der Waals surface area (Å²) in [5, 5.41) is 0. The van der Waals surface area contributed by atoms with Crippen LogP contribution in [0.1, 0.15) is 13.8 Å². The van der Waals surface area contributed by atoms with E-state index in [1.165, 1.54) is 0 Å². The molecule has 0 heterocycles. The molecule has 2 heteroatoms. The molecule has 0 saturated heterocycles. The van der Waals surface area contributed by atoms with Crippen LogP contribution in [-0.2, 0) is 4.74 Å². The largest absolute Gasteiger partial charge is 0.384 e. The van der Waals surface area contributed by atoms with Crippen molar-refractivity contribution in [1.29, 1.82) is 0 Å². The lowest BCUT2D eigenvalue weighted by atomic mass is 9.80. The minimum absolute atomic E-state index is 0.694. The number of rotatable bonds is 3. The van der Waals surface area contributed by atoms with Crippen LogP contribution in [0, 0.1) is 5.92 Å². The first-order valence-corrected chi connectivity index (χ1v) is 3.17. The molecule has 0 aliphatic carbocycles. The van der Waals surface area contributed by atoms with Crippen LogP contribution in [-0.4, -0.2) is 21.6 Å². The van der Waals surface area contributed by atoms with Crippen LogP contribution >= 0.6 is 0 Å². The van der Waals surface area contributed by atoms with E-state index < -0.39 is 0 Å². The summed E-state index contributed by atoms with van der Waals surface area (Å²) in [4.78, 5) is 0. The quantitative estimate of drug-likeness (QED) is 0.491. The second-order valence-corrected chi connectivity index (χ2v) is 2.68. The predicted octanol–water partition coefficient (Wildman–Crippen LogP) is 0.710. The van der Waals surface area contributed by atoms with Crippen molar-refractivity contribution in [2.75, 3.05) is 13.7 Å². The van der Waals surface area contributed by atoms with Crippen molar-refractivity contribution in [2.45, 2.75) is 19.7 Å². The molecule has 48 valence electrons.